The van der Waals surface area contributed by atoms with E-state index in [-0.39, 0.29) is 50.1 Å². The van der Waals surface area contributed by atoms with Crippen LogP contribution in [0.25, 0.3) is 0 Å². The van der Waals surface area contributed by atoms with Crippen molar-refractivity contribution in [2.24, 2.45) is 23.5 Å². The third-order valence-corrected chi connectivity index (χ3v) is 5.60. The molecule has 0 radical (unpaired) electrons. The summed E-state index contributed by atoms with van der Waals surface area (Å²) in [6, 6.07) is 4.36. The van der Waals surface area contributed by atoms with Crippen molar-refractivity contribution in [3.8, 4) is 11.5 Å². The van der Waals surface area contributed by atoms with E-state index in [4.69, 9.17) is 34.2 Å². The standard InChI is InChI=1S/C28H43NO10/c1-18(2)10-13-36-26(32)38-22-9-8-21(16-23(22)39-27(33)37-14-11-19(3)4)17-28(29,25(31)34-7)12-15-35-24(30)20(5)6/h8-9,16,18-20H,10-15,17,29H2,1-7H3/t28-/m1/s1. The molecule has 0 saturated carbocycles. The number of methoxy groups -OCH3 is 1. The molecule has 39 heavy (non-hydrogen) atoms. The van der Waals surface area contributed by atoms with Gasteiger partial charge in [0, 0.05) is 12.8 Å². The Kier molecular flexibility index (Phi) is 14.3. The first-order chi connectivity index (χ1) is 18.3. The second-order valence-electron chi connectivity index (χ2n) is 10.4. The van der Waals surface area contributed by atoms with Gasteiger partial charge in [-0.25, -0.2) is 9.59 Å². The van der Waals surface area contributed by atoms with E-state index in [1.165, 1.54) is 19.2 Å². The molecule has 1 aromatic carbocycles. The SMILES string of the molecule is COC(=O)[C@@](N)(CCOC(=O)C(C)C)Cc1ccc(OC(=O)OCCC(C)C)c(OC(=O)OCCC(C)C)c1. The third kappa shape index (κ3) is 12.8. The zero-order valence-corrected chi connectivity index (χ0v) is 24.1. The summed E-state index contributed by atoms with van der Waals surface area (Å²) in [7, 11) is 1.20. The topological polar surface area (TPSA) is 150 Å². The molecule has 11 heteroatoms. The van der Waals surface area contributed by atoms with Crippen molar-refractivity contribution in [2.75, 3.05) is 26.9 Å². The molecule has 0 heterocycles. The van der Waals surface area contributed by atoms with Crippen LogP contribution in [0, 0.1) is 17.8 Å². The Morgan fingerprint density at radius 2 is 1.33 bits per heavy atom. The molecule has 0 aliphatic rings. The second kappa shape index (κ2) is 16.6. The fourth-order valence-corrected chi connectivity index (χ4v) is 3.15. The van der Waals surface area contributed by atoms with Crippen LogP contribution in [0.3, 0.4) is 0 Å². The number of carbonyl (C=O) groups excluding carboxylic acids is 4. The first-order valence-corrected chi connectivity index (χ1v) is 13.1. The number of ether oxygens (including phenoxy) is 6. The summed E-state index contributed by atoms with van der Waals surface area (Å²) < 4.78 is 30.9. The van der Waals surface area contributed by atoms with E-state index in [2.05, 4.69) is 0 Å². The molecule has 2 N–H and O–H groups in total. The Hall–Kier alpha value is -3.34. The van der Waals surface area contributed by atoms with Crippen LogP contribution in [0.2, 0.25) is 0 Å². The predicted molar refractivity (Wildman–Crippen MR) is 142 cm³/mol. The van der Waals surface area contributed by atoms with E-state index < -0.39 is 29.8 Å². The number of hydrogen-bond donors (Lipinski definition) is 1. The summed E-state index contributed by atoms with van der Waals surface area (Å²) in [5, 5.41) is 0. The lowest BCUT2D eigenvalue weighted by molar-refractivity contribution is -0.152. The van der Waals surface area contributed by atoms with E-state index >= 15 is 0 Å². The number of benzene rings is 1. The highest BCUT2D eigenvalue weighted by Gasteiger charge is 2.36. The van der Waals surface area contributed by atoms with Gasteiger partial charge in [0.1, 0.15) is 5.54 Å². The summed E-state index contributed by atoms with van der Waals surface area (Å²) in [5.74, 6) is -1.03. The first kappa shape index (κ1) is 33.7. The molecule has 11 nitrogen and oxygen atoms in total. The van der Waals surface area contributed by atoms with Crippen LogP contribution >= 0.6 is 0 Å². The van der Waals surface area contributed by atoms with Crippen LogP contribution in [-0.4, -0.2) is 56.7 Å². The van der Waals surface area contributed by atoms with Crippen LogP contribution in [0.4, 0.5) is 9.59 Å². The van der Waals surface area contributed by atoms with Gasteiger partial charge in [0.25, 0.3) is 0 Å². The van der Waals surface area contributed by atoms with E-state index in [0.717, 1.165) is 0 Å². The Morgan fingerprint density at radius 1 is 0.795 bits per heavy atom. The maximum Gasteiger partial charge on any atom is 0.513 e. The van der Waals surface area contributed by atoms with Gasteiger partial charge in [-0.3, -0.25) is 9.59 Å². The maximum atomic E-state index is 12.6. The fourth-order valence-electron chi connectivity index (χ4n) is 3.15. The van der Waals surface area contributed by atoms with Crippen LogP contribution < -0.4 is 15.2 Å². The smallest absolute Gasteiger partial charge is 0.468 e. The highest BCUT2D eigenvalue weighted by molar-refractivity contribution is 5.81. The summed E-state index contributed by atoms with van der Waals surface area (Å²) in [4.78, 5) is 48.9. The monoisotopic (exact) mass is 553 g/mol. The molecule has 0 spiro atoms. The van der Waals surface area contributed by atoms with Gasteiger partial charge in [0.15, 0.2) is 11.5 Å². The van der Waals surface area contributed by atoms with Crippen molar-refractivity contribution in [1.82, 2.24) is 0 Å². The minimum atomic E-state index is -1.56. The Bertz CT molecular complexity index is 960. The molecule has 0 amide bonds. The van der Waals surface area contributed by atoms with E-state index in [0.29, 0.717) is 30.2 Å². The molecular formula is C28H43NO10. The molecule has 1 atom stereocenters. The molecule has 0 unspecified atom stereocenters. The minimum Gasteiger partial charge on any atom is -0.468 e. The second-order valence-corrected chi connectivity index (χ2v) is 10.4. The minimum absolute atomic E-state index is 0.0218. The van der Waals surface area contributed by atoms with Crippen molar-refractivity contribution in [3.63, 3.8) is 0 Å². The van der Waals surface area contributed by atoms with Gasteiger partial charge in [-0.15, -0.1) is 0 Å². The number of rotatable bonds is 15. The Labute approximate surface area is 230 Å². The molecule has 220 valence electrons. The largest absolute Gasteiger partial charge is 0.513 e. The number of nitrogens with two attached hydrogens (primary N) is 1. The lowest BCUT2D eigenvalue weighted by atomic mass is 9.88. The molecule has 0 bridgehead atoms. The van der Waals surface area contributed by atoms with Gasteiger partial charge < -0.3 is 34.2 Å². The normalized spacial score (nSPS) is 12.6. The quantitative estimate of drug-likeness (QED) is 0.181. The number of carbonyl (C=O) groups is 4. The van der Waals surface area contributed by atoms with E-state index in [1.54, 1.807) is 19.9 Å². The molecule has 0 aromatic heterocycles. The average Bonchev–Trinajstić information content (AvgIpc) is 2.84. The van der Waals surface area contributed by atoms with Gasteiger partial charge in [-0.05, 0) is 42.4 Å². The van der Waals surface area contributed by atoms with E-state index in [9.17, 15) is 19.2 Å². The fraction of sp³-hybridized carbons (Fsp3) is 0.643. The van der Waals surface area contributed by atoms with Gasteiger partial charge in [0.2, 0.25) is 0 Å². The van der Waals surface area contributed by atoms with Crippen molar-refractivity contribution < 1.29 is 47.6 Å². The first-order valence-electron chi connectivity index (χ1n) is 13.1. The summed E-state index contributed by atoms with van der Waals surface area (Å²) in [6.07, 6.45) is -0.743. The third-order valence-electron chi connectivity index (χ3n) is 5.60. The molecule has 0 saturated heterocycles. The number of esters is 2. The van der Waals surface area contributed by atoms with Gasteiger partial charge in [-0.2, -0.15) is 0 Å². The Balaban J connectivity index is 3.13. The summed E-state index contributed by atoms with van der Waals surface area (Å²) in [6.45, 7) is 11.5. The lowest BCUT2D eigenvalue weighted by Crippen LogP contribution is -2.51. The van der Waals surface area contributed by atoms with Crippen molar-refractivity contribution in [1.29, 1.82) is 0 Å². The van der Waals surface area contributed by atoms with Crippen LogP contribution in [0.5, 0.6) is 11.5 Å². The summed E-state index contributed by atoms with van der Waals surface area (Å²) >= 11 is 0. The van der Waals surface area contributed by atoms with Gasteiger partial charge >= 0.3 is 24.2 Å². The predicted octanol–water partition coefficient (Wildman–Crippen LogP) is 4.81. The average molecular weight is 554 g/mol. The molecular weight excluding hydrogens is 510 g/mol. The van der Waals surface area contributed by atoms with Crippen LogP contribution in [0.15, 0.2) is 18.2 Å². The summed E-state index contributed by atoms with van der Waals surface area (Å²) in [5.41, 5.74) is 5.29. The zero-order chi connectivity index (χ0) is 29.6. The van der Waals surface area contributed by atoms with Crippen LogP contribution in [0.1, 0.15) is 66.4 Å². The van der Waals surface area contributed by atoms with Gasteiger partial charge in [0.05, 0.1) is 32.8 Å². The molecule has 1 rings (SSSR count). The molecule has 1 aromatic rings. The molecule has 0 aliphatic heterocycles. The van der Waals surface area contributed by atoms with E-state index in [1.807, 2.05) is 27.7 Å². The molecule has 0 aliphatic carbocycles. The zero-order valence-electron chi connectivity index (χ0n) is 24.1. The highest BCUT2D eigenvalue weighted by atomic mass is 16.7. The number of hydrogen-bond acceptors (Lipinski definition) is 11. The van der Waals surface area contributed by atoms with Crippen molar-refractivity contribution >= 4 is 24.2 Å². The molecule has 0 fully saturated rings. The van der Waals surface area contributed by atoms with Crippen molar-refractivity contribution in [3.05, 3.63) is 23.8 Å². The van der Waals surface area contributed by atoms with Crippen molar-refractivity contribution in [2.45, 2.75) is 72.8 Å². The van der Waals surface area contributed by atoms with Crippen LogP contribution in [-0.2, 0) is 35.0 Å². The lowest BCUT2D eigenvalue weighted by Gasteiger charge is -2.27. The van der Waals surface area contributed by atoms with Gasteiger partial charge in [-0.1, -0.05) is 47.6 Å². The maximum absolute atomic E-state index is 12.6. The highest BCUT2D eigenvalue weighted by Crippen LogP contribution is 2.31. The Morgan fingerprint density at radius 3 is 1.82 bits per heavy atom.